The van der Waals surface area contributed by atoms with Crippen LogP contribution in [0.5, 0.6) is 0 Å². The molecule has 4 heterocycles. The van der Waals surface area contributed by atoms with E-state index in [1.807, 2.05) is 58.4 Å². The normalized spacial score (nSPS) is 12.2. The second-order valence-corrected chi connectivity index (χ2v) is 7.30. The van der Waals surface area contributed by atoms with Crippen LogP contribution in [-0.4, -0.2) is 38.7 Å². The van der Waals surface area contributed by atoms with Crippen LogP contribution < -0.4 is 0 Å². The Balaban J connectivity index is 1.40. The summed E-state index contributed by atoms with van der Waals surface area (Å²) >= 11 is 1.60. The van der Waals surface area contributed by atoms with E-state index in [0.717, 1.165) is 44.6 Å². The lowest BCUT2D eigenvalue weighted by atomic mass is 10.3. The lowest BCUT2D eigenvalue weighted by molar-refractivity contribution is 0.824. The van der Waals surface area contributed by atoms with Crippen molar-refractivity contribution in [2.75, 3.05) is 0 Å². The zero-order valence-electron chi connectivity index (χ0n) is 14.4. The van der Waals surface area contributed by atoms with E-state index in [2.05, 4.69) is 30.9 Å². The number of nitrogens with zero attached hydrogens (tertiary/aromatic N) is 7. The molecule has 0 saturated carbocycles. The lowest BCUT2D eigenvalue weighted by Crippen LogP contribution is -1.97. The molecular formula is C18H14N8S. The van der Waals surface area contributed by atoms with Gasteiger partial charge in [-0.05, 0) is 24.3 Å². The first kappa shape index (κ1) is 14.8. The van der Waals surface area contributed by atoms with Crippen LogP contribution in [0, 0.1) is 0 Å². The number of thioether (sulfide) groups is 1. The quantitative estimate of drug-likeness (QED) is 0.482. The summed E-state index contributed by atoms with van der Waals surface area (Å²) in [7, 11) is 2.04. The van der Waals surface area contributed by atoms with E-state index < -0.39 is 0 Å². The highest BCUT2D eigenvalue weighted by Crippen LogP contribution is 2.25. The fourth-order valence-corrected chi connectivity index (χ4v) is 4.33. The minimum Gasteiger partial charge on any atom is -0.330 e. The zero-order valence-corrected chi connectivity index (χ0v) is 15.2. The van der Waals surface area contributed by atoms with Gasteiger partial charge in [0.05, 0.1) is 27.8 Å². The highest BCUT2D eigenvalue weighted by molar-refractivity contribution is 7.98. The average molecular weight is 374 g/mol. The number of hydrogen-bond donors (Lipinski definition) is 1. The van der Waals surface area contributed by atoms with E-state index in [0.29, 0.717) is 5.75 Å². The molecule has 0 radical (unpaired) electrons. The summed E-state index contributed by atoms with van der Waals surface area (Å²) in [6.45, 7) is 0. The number of benzene rings is 2. The standard InChI is InChI=1S/C18H14N8S/c1-24-13-8-4-2-6-11(13)19-15(24)10-27-18-22-21-17-25-14-9-5-3-7-12(14)20-16(25)23-26(17)18/h2-9H,10H2,1H3,(H,20,23). The molecule has 2 aromatic carbocycles. The molecule has 132 valence electrons. The number of hydrogen-bond acceptors (Lipinski definition) is 5. The maximum Gasteiger partial charge on any atom is 0.258 e. The van der Waals surface area contributed by atoms with Gasteiger partial charge in [-0.3, -0.25) is 5.10 Å². The van der Waals surface area contributed by atoms with Crippen molar-refractivity contribution in [3.8, 4) is 0 Å². The minimum absolute atomic E-state index is 0.702. The molecule has 6 rings (SSSR count). The SMILES string of the molecule is Cn1c(CSc2nnc3n2[nH]c2nc4ccccc4n23)nc2ccccc21. The van der Waals surface area contributed by atoms with Crippen LogP contribution in [0.25, 0.3) is 33.6 Å². The van der Waals surface area contributed by atoms with Crippen LogP contribution in [0.3, 0.4) is 0 Å². The van der Waals surface area contributed by atoms with Crippen LogP contribution in [-0.2, 0) is 12.8 Å². The molecule has 9 heteroatoms. The smallest absolute Gasteiger partial charge is 0.258 e. The Bertz CT molecular complexity index is 1450. The number of H-pyrrole nitrogens is 1. The van der Waals surface area contributed by atoms with Gasteiger partial charge in [0.15, 0.2) is 0 Å². The molecule has 0 spiro atoms. The van der Waals surface area contributed by atoms with E-state index >= 15 is 0 Å². The fourth-order valence-electron chi connectivity index (χ4n) is 3.46. The summed E-state index contributed by atoms with van der Waals surface area (Å²) in [5.74, 6) is 3.19. The van der Waals surface area contributed by atoms with Crippen molar-refractivity contribution in [1.82, 2.24) is 38.7 Å². The number of nitrogens with one attached hydrogen (secondary N) is 1. The van der Waals surface area contributed by atoms with Gasteiger partial charge in [0.25, 0.3) is 5.78 Å². The molecule has 1 N–H and O–H groups in total. The Morgan fingerprint density at radius 3 is 2.48 bits per heavy atom. The Hall–Kier alpha value is -3.33. The average Bonchev–Trinajstić information content (AvgIpc) is 3.40. The third kappa shape index (κ3) is 2.05. The van der Waals surface area contributed by atoms with Crippen molar-refractivity contribution < 1.29 is 0 Å². The van der Waals surface area contributed by atoms with E-state index in [1.54, 1.807) is 11.8 Å². The number of para-hydroxylation sites is 4. The first-order chi connectivity index (χ1) is 13.3. The molecule has 0 aliphatic rings. The van der Waals surface area contributed by atoms with Crippen molar-refractivity contribution in [2.24, 2.45) is 7.05 Å². The van der Waals surface area contributed by atoms with Crippen molar-refractivity contribution in [3.63, 3.8) is 0 Å². The maximum atomic E-state index is 4.72. The Morgan fingerprint density at radius 2 is 1.67 bits per heavy atom. The minimum atomic E-state index is 0.702. The molecule has 0 amide bonds. The zero-order chi connectivity index (χ0) is 18.0. The molecule has 4 aromatic heterocycles. The summed E-state index contributed by atoms with van der Waals surface area (Å²) in [5, 5.41) is 12.8. The van der Waals surface area contributed by atoms with Crippen molar-refractivity contribution in [3.05, 3.63) is 54.4 Å². The van der Waals surface area contributed by atoms with E-state index in [1.165, 1.54) is 0 Å². The van der Waals surface area contributed by atoms with Gasteiger partial charge < -0.3 is 4.57 Å². The second kappa shape index (κ2) is 5.34. The molecule has 8 nitrogen and oxygen atoms in total. The van der Waals surface area contributed by atoms with Gasteiger partial charge in [-0.2, -0.15) is 4.52 Å². The molecule has 0 aliphatic heterocycles. The highest BCUT2D eigenvalue weighted by atomic mass is 32.2. The number of aromatic nitrogens is 8. The largest absolute Gasteiger partial charge is 0.330 e. The fraction of sp³-hybridized carbons (Fsp3) is 0.111. The van der Waals surface area contributed by atoms with Gasteiger partial charge in [-0.1, -0.05) is 36.0 Å². The number of fused-ring (bicyclic) bond motifs is 6. The second-order valence-electron chi connectivity index (χ2n) is 6.35. The third-order valence-electron chi connectivity index (χ3n) is 4.80. The molecule has 0 unspecified atom stereocenters. The molecule has 6 aromatic rings. The van der Waals surface area contributed by atoms with Crippen molar-refractivity contribution in [1.29, 1.82) is 0 Å². The highest BCUT2D eigenvalue weighted by Gasteiger charge is 2.17. The molecule has 27 heavy (non-hydrogen) atoms. The number of aryl methyl sites for hydroxylation is 1. The number of imidazole rings is 2. The van der Waals surface area contributed by atoms with Crippen LogP contribution in [0.2, 0.25) is 0 Å². The van der Waals surface area contributed by atoms with Crippen molar-refractivity contribution >= 4 is 45.4 Å². The Kier molecular flexibility index (Phi) is 2.92. The Morgan fingerprint density at radius 1 is 0.926 bits per heavy atom. The predicted octanol–water partition coefficient (Wildman–Crippen LogP) is 3.04. The summed E-state index contributed by atoms with van der Waals surface area (Å²) in [6, 6.07) is 16.1. The lowest BCUT2D eigenvalue weighted by Gasteiger charge is -2.00. The molecule has 0 aliphatic carbocycles. The summed E-state index contributed by atoms with van der Waals surface area (Å²) in [4.78, 5) is 9.34. The van der Waals surface area contributed by atoms with Crippen LogP contribution in [0.1, 0.15) is 5.82 Å². The summed E-state index contributed by atoms with van der Waals surface area (Å²) in [6.07, 6.45) is 0. The van der Waals surface area contributed by atoms with Gasteiger partial charge in [0.2, 0.25) is 10.9 Å². The van der Waals surface area contributed by atoms with Crippen LogP contribution >= 0.6 is 11.8 Å². The van der Waals surface area contributed by atoms with Gasteiger partial charge in [0, 0.05) is 7.05 Å². The van der Waals surface area contributed by atoms with Gasteiger partial charge in [-0.15, -0.1) is 10.2 Å². The van der Waals surface area contributed by atoms with Gasteiger partial charge in [0.1, 0.15) is 5.82 Å². The van der Waals surface area contributed by atoms with Gasteiger partial charge >= 0.3 is 0 Å². The van der Waals surface area contributed by atoms with Crippen LogP contribution in [0.4, 0.5) is 0 Å². The van der Waals surface area contributed by atoms with E-state index in [4.69, 9.17) is 4.98 Å². The molecule has 0 saturated heterocycles. The molecule has 0 bridgehead atoms. The predicted molar refractivity (Wildman–Crippen MR) is 104 cm³/mol. The van der Waals surface area contributed by atoms with E-state index in [-0.39, 0.29) is 0 Å². The van der Waals surface area contributed by atoms with Crippen molar-refractivity contribution in [2.45, 2.75) is 10.9 Å². The summed E-state index contributed by atoms with van der Waals surface area (Å²) in [5.41, 5.74) is 4.08. The number of aromatic amines is 1. The number of rotatable bonds is 3. The summed E-state index contributed by atoms with van der Waals surface area (Å²) < 4.78 is 5.99. The third-order valence-corrected chi connectivity index (χ3v) is 5.72. The first-order valence-corrected chi connectivity index (χ1v) is 9.51. The maximum absolute atomic E-state index is 4.72. The topological polar surface area (TPSA) is 81.1 Å². The molecule has 0 fully saturated rings. The molecular weight excluding hydrogens is 360 g/mol. The Labute approximate surface area is 156 Å². The van der Waals surface area contributed by atoms with Gasteiger partial charge in [-0.25, -0.2) is 14.4 Å². The van der Waals surface area contributed by atoms with E-state index in [9.17, 15) is 0 Å². The molecule has 0 atom stereocenters. The van der Waals surface area contributed by atoms with Crippen LogP contribution in [0.15, 0.2) is 53.7 Å². The first-order valence-electron chi connectivity index (χ1n) is 8.53. The monoisotopic (exact) mass is 374 g/mol.